The number of rotatable bonds is 5. The van der Waals surface area contributed by atoms with Crippen molar-refractivity contribution in [1.29, 1.82) is 0 Å². The summed E-state index contributed by atoms with van der Waals surface area (Å²) in [6.45, 7) is 2.52. The van der Waals surface area contributed by atoms with Crippen LogP contribution in [0.2, 0.25) is 5.02 Å². The van der Waals surface area contributed by atoms with Gasteiger partial charge >= 0.3 is 0 Å². The molecule has 0 aromatic heterocycles. The molecule has 3 rings (SSSR count). The second-order valence-corrected chi connectivity index (χ2v) is 6.28. The van der Waals surface area contributed by atoms with Crippen LogP contribution in [0, 0.1) is 0 Å². The van der Waals surface area contributed by atoms with Gasteiger partial charge in [0.2, 0.25) is 0 Å². The van der Waals surface area contributed by atoms with Gasteiger partial charge in [0.1, 0.15) is 23.9 Å². The van der Waals surface area contributed by atoms with Crippen molar-refractivity contribution in [3.8, 4) is 17.2 Å². The van der Waals surface area contributed by atoms with Crippen LogP contribution in [0.3, 0.4) is 0 Å². The molecule has 8 heteroatoms. The molecule has 2 aromatic rings. The molecule has 1 aliphatic rings. The van der Waals surface area contributed by atoms with E-state index in [4.69, 9.17) is 25.8 Å². The minimum atomic E-state index is -0.552. The second-order valence-electron chi connectivity index (χ2n) is 5.84. The number of fused-ring (bicyclic) bond motifs is 1. The smallest absolute Gasteiger partial charge is 0.273 e. The highest BCUT2D eigenvalue weighted by Crippen LogP contribution is 2.30. The molecule has 0 atom stereocenters. The van der Waals surface area contributed by atoms with E-state index in [1.807, 2.05) is 6.92 Å². The molecule has 2 N–H and O–H groups in total. The van der Waals surface area contributed by atoms with Crippen LogP contribution in [0.15, 0.2) is 42.0 Å². The summed E-state index contributed by atoms with van der Waals surface area (Å²) in [4.78, 5) is 24.8. The fraction of sp³-hybridized carbons (Fsp3) is 0.200. The SMILES string of the molecule is CCOc1ccc2c(c1)C=C(C(=O)NNC(=O)c1cc(Cl)ccc1OC)CO2. The lowest BCUT2D eigenvalue weighted by molar-refractivity contribution is -0.118. The van der Waals surface area contributed by atoms with Crippen molar-refractivity contribution in [3.63, 3.8) is 0 Å². The maximum Gasteiger partial charge on any atom is 0.273 e. The fourth-order valence-electron chi connectivity index (χ4n) is 2.66. The minimum absolute atomic E-state index is 0.0865. The van der Waals surface area contributed by atoms with Crippen LogP contribution in [0.4, 0.5) is 0 Å². The molecule has 0 saturated carbocycles. The van der Waals surface area contributed by atoms with Gasteiger partial charge in [-0.3, -0.25) is 20.4 Å². The second kappa shape index (κ2) is 8.67. The molecular formula is C20H19ClN2O5. The van der Waals surface area contributed by atoms with E-state index in [2.05, 4.69) is 10.9 Å². The lowest BCUT2D eigenvalue weighted by atomic mass is 10.1. The molecule has 0 saturated heterocycles. The summed E-state index contributed by atoms with van der Waals surface area (Å²) in [5.74, 6) is 0.649. The first-order valence-corrected chi connectivity index (χ1v) is 8.94. The molecule has 7 nitrogen and oxygen atoms in total. The van der Waals surface area contributed by atoms with Gasteiger partial charge in [0.25, 0.3) is 11.8 Å². The van der Waals surface area contributed by atoms with Crippen LogP contribution in [-0.2, 0) is 4.79 Å². The fourth-order valence-corrected chi connectivity index (χ4v) is 2.83. The maximum absolute atomic E-state index is 12.4. The van der Waals surface area contributed by atoms with Gasteiger partial charge in [0, 0.05) is 10.6 Å². The van der Waals surface area contributed by atoms with Crippen molar-refractivity contribution in [2.45, 2.75) is 6.92 Å². The molecule has 1 aliphatic heterocycles. The topological polar surface area (TPSA) is 85.9 Å². The predicted octanol–water partition coefficient (Wildman–Crippen LogP) is 2.98. The minimum Gasteiger partial charge on any atom is -0.496 e. The summed E-state index contributed by atoms with van der Waals surface area (Å²) >= 11 is 5.93. The summed E-state index contributed by atoms with van der Waals surface area (Å²) in [6, 6.07) is 10.0. The summed E-state index contributed by atoms with van der Waals surface area (Å²) in [5.41, 5.74) is 6.02. The number of nitrogens with one attached hydrogen (secondary N) is 2. The summed E-state index contributed by atoms with van der Waals surface area (Å²) in [7, 11) is 1.44. The Hall–Kier alpha value is -3.19. The number of halogens is 1. The highest BCUT2D eigenvalue weighted by molar-refractivity contribution is 6.31. The molecule has 0 fully saturated rings. The summed E-state index contributed by atoms with van der Waals surface area (Å²) < 4.78 is 16.2. The number of ether oxygens (including phenoxy) is 3. The third kappa shape index (κ3) is 4.37. The van der Waals surface area contributed by atoms with E-state index in [0.29, 0.717) is 34.5 Å². The maximum atomic E-state index is 12.4. The van der Waals surface area contributed by atoms with Crippen molar-refractivity contribution in [2.75, 3.05) is 20.3 Å². The van der Waals surface area contributed by atoms with Crippen molar-refractivity contribution >= 4 is 29.5 Å². The van der Waals surface area contributed by atoms with E-state index in [1.54, 1.807) is 36.4 Å². The zero-order valence-electron chi connectivity index (χ0n) is 15.4. The first kappa shape index (κ1) is 19.6. The van der Waals surface area contributed by atoms with E-state index in [0.717, 1.165) is 5.56 Å². The molecular weight excluding hydrogens is 384 g/mol. The highest BCUT2D eigenvalue weighted by Gasteiger charge is 2.19. The van der Waals surface area contributed by atoms with Crippen LogP contribution in [-0.4, -0.2) is 32.1 Å². The number of carbonyl (C=O) groups is 2. The lowest BCUT2D eigenvalue weighted by Gasteiger charge is -2.18. The molecule has 0 bridgehead atoms. The largest absolute Gasteiger partial charge is 0.496 e. The van der Waals surface area contributed by atoms with Gasteiger partial charge in [-0.15, -0.1) is 0 Å². The molecule has 0 radical (unpaired) electrons. The van der Waals surface area contributed by atoms with Gasteiger partial charge < -0.3 is 14.2 Å². The monoisotopic (exact) mass is 402 g/mol. The van der Waals surface area contributed by atoms with Crippen LogP contribution in [0.25, 0.3) is 6.08 Å². The number of hydrogen-bond acceptors (Lipinski definition) is 5. The quantitative estimate of drug-likeness (QED) is 0.751. The summed E-state index contributed by atoms with van der Waals surface area (Å²) in [5, 5.41) is 0.377. The van der Waals surface area contributed by atoms with Crippen molar-refractivity contribution in [3.05, 3.63) is 58.1 Å². The van der Waals surface area contributed by atoms with Crippen molar-refractivity contribution in [1.82, 2.24) is 10.9 Å². The number of benzene rings is 2. The zero-order valence-corrected chi connectivity index (χ0v) is 16.1. The third-order valence-corrected chi connectivity index (χ3v) is 4.23. The first-order valence-electron chi connectivity index (χ1n) is 8.56. The van der Waals surface area contributed by atoms with Crippen molar-refractivity contribution in [2.24, 2.45) is 0 Å². The van der Waals surface area contributed by atoms with E-state index >= 15 is 0 Å². The van der Waals surface area contributed by atoms with E-state index in [1.165, 1.54) is 13.2 Å². The van der Waals surface area contributed by atoms with Crippen LogP contribution in [0.1, 0.15) is 22.8 Å². The summed E-state index contributed by atoms with van der Waals surface area (Å²) in [6.07, 6.45) is 1.70. The Balaban J connectivity index is 1.69. The number of hydrazine groups is 1. The molecule has 0 unspecified atom stereocenters. The van der Waals surface area contributed by atoms with E-state index in [9.17, 15) is 9.59 Å². The molecule has 0 aliphatic carbocycles. The zero-order chi connectivity index (χ0) is 20.1. The highest BCUT2D eigenvalue weighted by atomic mass is 35.5. The average molecular weight is 403 g/mol. The first-order chi connectivity index (χ1) is 13.5. The molecule has 2 aromatic carbocycles. The van der Waals surface area contributed by atoms with E-state index in [-0.39, 0.29) is 12.2 Å². The molecule has 28 heavy (non-hydrogen) atoms. The Morgan fingerprint density at radius 2 is 1.93 bits per heavy atom. The number of hydrogen-bond donors (Lipinski definition) is 2. The third-order valence-electron chi connectivity index (χ3n) is 3.99. The Morgan fingerprint density at radius 1 is 1.14 bits per heavy atom. The molecule has 146 valence electrons. The number of amides is 2. The standard InChI is InChI=1S/C20H19ClN2O5/c1-3-27-15-5-7-17-12(9-15)8-13(11-28-17)19(24)22-23-20(25)16-10-14(21)4-6-18(16)26-2/h4-10H,3,11H2,1-2H3,(H,22,24)(H,23,25). The van der Waals surface area contributed by atoms with Crippen LogP contribution >= 0.6 is 11.6 Å². The molecule has 2 amide bonds. The molecule has 0 spiro atoms. The Morgan fingerprint density at radius 3 is 2.68 bits per heavy atom. The van der Waals surface area contributed by atoms with Gasteiger partial charge in [0.15, 0.2) is 0 Å². The van der Waals surface area contributed by atoms with Gasteiger partial charge in [-0.05, 0) is 49.4 Å². The number of carbonyl (C=O) groups excluding carboxylic acids is 2. The van der Waals surface area contributed by atoms with E-state index < -0.39 is 11.8 Å². The van der Waals surface area contributed by atoms with Crippen LogP contribution in [0.5, 0.6) is 17.2 Å². The Labute approximate surface area is 167 Å². The van der Waals surface area contributed by atoms with Gasteiger partial charge in [-0.25, -0.2) is 0 Å². The normalized spacial score (nSPS) is 12.2. The average Bonchev–Trinajstić information content (AvgIpc) is 2.71. The molecule has 1 heterocycles. The predicted molar refractivity (Wildman–Crippen MR) is 105 cm³/mol. The van der Waals surface area contributed by atoms with Crippen molar-refractivity contribution < 1.29 is 23.8 Å². The Kier molecular flexibility index (Phi) is 6.06. The lowest BCUT2D eigenvalue weighted by Crippen LogP contribution is -2.43. The number of methoxy groups -OCH3 is 1. The van der Waals surface area contributed by atoms with Gasteiger partial charge in [-0.2, -0.15) is 0 Å². The van der Waals surface area contributed by atoms with Gasteiger partial charge in [-0.1, -0.05) is 11.6 Å². The Bertz CT molecular complexity index is 942. The van der Waals surface area contributed by atoms with Gasteiger partial charge in [0.05, 0.1) is 24.9 Å². The van der Waals surface area contributed by atoms with Crippen LogP contribution < -0.4 is 25.1 Å².